The van der Waals surface area contributed by atoms with Gasteiger partial charge in [-0.05, 0) is 45.0 Å². The van der Waals surface area contributed by atoms with E-state index in [0.717, 1.165) is 0 Å². The van der Waals surface area contributed by atoms with Gasteiger partial charge in [-0.25, -0.2) is 9.48 Å². The summed E-state index contributed by atoms with van der Waals surface area (Å²) in [6.45, 7) is 4.78. The number of nitrogens with zero attached hydrogens (tertiary/aromatic N) is 2. The normalized spacial score (nSPS) is 10.8. The second-order valence-corrected chi connectivity index (χ2v) is 8.12. The number of anilines is 1. The second-order valence-electron chi connectivity index (χ2n) is 7.72. The average molecular weight is 488 g/mol. The quantitative estimate of drug-likeness (QED) is 0.486. The summed E-state index contributed by atoms with van der Waals surface area (Å²) >= 11 is 6.24. The standard InChI is InChI=1S/C24H26ClN3O6/c1-14(2)34-22-18(25)11-16(12-19(22)32-5)24(31)33-13-20(29)26-21-15(3)27(4)28(23(21)30)17-9-7-6-8-10-17/h6-12,14H,13H2,1-5H3,(H,26,29). The van der Waals surface area contributed by atoms with Crippen molar-refractivity contribution in [1.82, 2.24) is 9.36 Å². The molecule has 0 fully saturated rings. The molecule has 0 aliphatic rings. The fourth-order valence-electron chi connectivity index (χ4n) is 3.29. The van der Waals surface area contributed by atoms with Crippen molar-refractivity contribution in [2.45, 2.75) is 26.9 Å². The van der Waals surface area contributed by atoms with E-state index in [1.807, 2.05) is 32.0 Å². The number of rotatable bonds is 8. The topological polar surface area (TPSA) is 101 Å². The number of amides is 1. The zero-order chi connectivity index (χ0) is 25.0. The molecule has 0 saturated carbocycles. The van der Waals surface area contributed by atoms with Crippen LogP contribution in [0.3, 0.4) is 0 Å². The number of esters is 1. The molecule has 0 unspecified atom stereocenters. The van der Waals surface area contributed by atoms with Gasteiger partial charge in [0.15, 0.2) is 18.1 Å². The molecule has 0 radical (unpaired) electrons. The smallest absolute Gasteiger partial charge is 0.338 e. The maximum absolute atomic E-state index is 12.9. The lowest BCUT2D eigenvalue weighted by atomic mass is 10.2. The van der Waals surface area contributed by atoms with Crippen molar-refractivity contribution < 1.29 is 23.8 Å². The predicted molar refractivity (Wildman–Crippen MR) is 128 cm³/mol. The molecule has 0 aliphatic carbocycles. The van der Waals surface area contributed by atoms with Gasteiger partial charge < -0.3 is 19.5 Å². The van der Waals surface area contributed by atoms with Crippen LogP contribution in [0, 0.1) is 6.92 Å². The SMILES string of the molecule is COc1cc(C(=O)OCC(=O)Nc2c(C)n(C)n(-c3ccccc3)c2=O)cc(Cl)c1OC(C)C. The molecule has 10 heteroatoms. The summed E-state index contributed by atoms with van der Waals surface area (Å²) in [7, 11) is 3.13. The minimum atomic E-state index is -0.780. The maximum atomic E-state index is 12.9. The van der Waals surface area contributed by atoms with E-state index in [9.17, 15) is 14.4 Å². The number of halogens is 1. The Morgan fingerprint density at radius 2 is 1.82 bits per heavy atom. The second kappa shape index (κ2) is 10.5. The number of hydrogen-bond donors (Lipinski definition) is 1. The van der Waals surface area contributed by atoms with Crippen LogP contribution in [0.1, 0.15) is 29.9 Å². The first-order valence-electron chi connectivity index (χ1n) is 10.5. The molecular weight excluding hydrogens is 462 g/mol. The van der Waals surface area contributed by atoms with E-state index < -0.39 is 24.0 Å². The monoisotopic (exact) mass is 487 g/mol. The Morgan fingerprint density at radius 3 is 2.44 bits per heavy atom. The zero-order valence-corrected chi connectivity index (χ0v) is 20.3. The zero-order valence-electron chi connectivity index (χ0n) is 19.5. The van der Waals surface area contributed by atoms with Gasteiger partial charge in [-0.1, -0.05) is 29.8 Å². The van der Waals surface area contributed by atoms with Crippen LogP contribution in [-0.4, -0.2) is 41.1 Å². The lowest BCUT2D eigenvalue weighted by Crippen LogP contribution is -2.25. The lowest BCUT2D eigenvalue weighted by molar-refractivity contribution is -0.119. The molecule has 2 aromatic carbocycles. The third kappa shape index (κ3) is 5.26. The summed E-state index contributed by atoms with van der Waals surface area (Å²) in [5, 5.41) is 2.71. The highest BCUT2D eigenvalue weighted by Gasteiger charge is 2.21. The molecule has 0 atom stereocenters. The highest BCUT2D eigenvalue weighted by atomic mass is 35.5. The molecule has 3 aromatic rings. The molecule has 0 spiro atoms. The Balaban J connectivity index is 1.72. The predicted octanol–water partition coefficient (Wildman–Crippen LogP) is 3.73. The Bertz CT molecular complexity index is 1260. The average Bonchev–Trinajstić information content (AvgIpc) is 3.01. The highest BCUT2D eigenvalue weighted by molar-refractivity contribution is 6.32. The van der Waals surface area contributed by atoms with E-state index >= 15 is 0 Å². The van der Waals surface area contributed by atoms with Gasteiger partial charge in [0.05, 0.1) is 35.2 Å². The van der Waals surface area contributed by atoms with Crippen LogP contribution >= 0.6 is 11.6 Å². The van der Waals surface area contributed by atoms with Crippen LogP contribution in [0.25, 0.3) is 5.69 Å². The van der Waals surface area contributed by atoms with Crippen LogP contribution in [-0.2, 0) is 16.6 Å². The molecule has 1 heterocycles. The fourth-order valence-corrected chi connectivity index (χ4v) is 3.55. The van der Waals surface area contributed by atoms with Crippen LogP contribution in [0.2, 0.25) is 5.02 Å². The molecule has 34 heavy (non-hydrogen) atoms. The number of nitrogens with one attached hydrogen (secondary N) is 1. The van der Waals surface area contributed by atoms with Crippen LogP contribution < -0.4 is 20.3 Å². The first kappa shape index (κ1) is 24.9. The fraction of sp³-hybridized carbons (Fsp3) is 0.292. The number of hydrogen-bond acceptors (Lipinski definition) is 6. The first-order chi connectivity index (χ1) is 16.1. The maximum Gasteiger partial charge on any atom is 0.338 e. The number of carbonyl (C=O) groups excluding carboxylic acids is 2. The largest absolute Gasteiger partial charge is 0.493 e. The van der Waals surface area contributed by atoms with Crippen molar-refractivity contribution in [2.24, 2.45) is 7.05 Å². The molecule has 9 nitrogen and oxygen atoms in total. The summed E-state index contributed by atoms with van der Waals surface area (Å²) in [4.78, 5) is 37.9. The minimum Gasteiger partial charge on any atom is -0.493 e. The van der Waals surface area contributed by atoms with Gasteiger partial charge >= 0.3 is 5.97 Å². The van der Waals surface area contributed by atoms with Gasteiger partial charge in [0.1, 0.15) is 5.69 Å². The molecule has 0 bridgehead atoms. The first-order valence-corrected chi connectivity index (χ1v) is 10.9. The highest BCUT2D eigenvalue weighted by Crippen LogP contribution is 2.37. The third-order valence-electron chi connectivity index (χ3n) is 4.97. The molecule has 1 N–H and O–H groups in total. The van der Waals surface area contributed by atoms with E-state index in [1.54, 1.807) is 30.8 Å². The number of carbonyl (C=O) groups is 2. The Kier molecular flexibility index (Phi) is 7.68. The summed E-state index contributed by atoms with van der Waals surface area (Å²) in [6.07, 6.45) is -0.152. The number of aromatic nitrogens is 2. The lowest BCUT2D eigenvalue weighted by Gasteiger charge is -2.16. The van der Waals surface area contributed by atoms with Crippen LogP contribution in [0.5, 0.6) is 11.5 Å². The van der Waals surface area contributed by atoms with Crippen molar-refractivity contribution >= 4 is 29.2 Å². The van der Waals surface area contributed by atoms with Crippen molar-refractivity contribution in [1.29, 1.82) is 0 Å². The van der Waals surface area contributed by atoms with Crippen molar-refractivity contribution in [3.05, 3.63) is 69.1 Å². The van der Waals surface area contributed by atoms with Gasteiger partial charge in [-0.2, -0.15) is 0 Å². The molecule has 1 amide bonds. The summed E-state index contributed by atoms with van der Waals surface area (Å²) in [5.74, 6) is -0.864. The van der Waals surface area contributed by atoms with Crippen LogP contribution in [0.4, 0.5) is 5.69 Å². The van der Waals surface area contributed by atoms with Crippen LogP contribution in [0.15, 0.2) is 47.3 Å². The Labute approximate surface area is 201 Å². The van der Waals surface area contributed by atoms with Gasteiger partial charge in [0, 0.05) is 7.05 Å². The van der Waals surface area contributed by atoms with Gasteiger partial charge in [0.2, 0.25) is 0 Å². The molecule has 3 rings (SSSR count). The Morgan fingerprint density at radius 1 is 1.15 bits per heavy atom. The van der Waals surface area contributed by atoms with Crippen molar-refractivity contribution in [3.63, 3.8) is 0 Å². The summed E-state index contributed by atoms with van der Waals surface area (Å²) < 4.78 is 19.1. The number of ether oxygens (including phenoxy) is 3. The molecule has 1 aromatic heterocycles. The number of methoxy groups -OCH3 is 1. The molecular formula is C24H26ClN3O6. The van der Waals surface area contributed by atoms with E-state index in [-0.39, 0.29) is 28.1 Å². The van der Waals surface area contributed by atoms with Gasteiger partial charge in [-0.15, -0.1) is 0 Å². The van der Waals surface area contributed by atoms with E-state index in [1.165, 1.54) is 23.9 Å². The number of para-hydroxylation sites is 1. The van der Waals surface area contributed by atoms with Crippen molar-refractivity contribution in [3.8, 4) is 17.2 Å². The van der Waals surface area contributed by atoms with E-state index in [0.29, 0.717) is 17.1 Å². The molecule has 0 aliphatic heterocycles. The summed E-state index contributed by atoms with van der Waals surface area (Å²) in [5.41, 5.74) is 0.995. The van der Waals surface area contributed by atoms with Gasteiger partial charge in [-0.3, -0.25) is 14.3 Å². The minimum absolute atomic E-state index is 0.0908. The Hall–Kier alpha value is -3.72. The van der Waals surface area contributed by atoms with Gasteiger partial charge in [0.25, 0.3) is 11.5 Å². The number of benzene rings is 2. The molecule has 0 saturated heterocycles. The van der Waals surface area contributed by atoms with Crippen molar-refractivity contribution in [2.75, 3.05) is 19.0 Å². The third-order valence-corrected chi connectivity index (χ3v) is 5.25. The molecule has 180 valence electrons. The van der Waals surface area contributed by atoms with E-state index in [4.69, 9.17) is 25.8 Å². The summed E-state index contributed by atoms with van der Waals surface area (Å²) in [6, 6.07) is 11.8. The van der Waals surface area contributed by atoms with E-state index in [2.05, 4.69) is 5.32 Å².